The molecule has 112 valence electrons. The number of nitrogens with zero attached hydrogens (tertiary/aromatic N) is 1. The predicted molar refractivity (Wildman–Crippen MR) is 80.8 cm³/mol. The summed E-state index contributed by atoms with van der Waals surface area (Å²) in [6.07, 6.45) is 5.39. The van der Waals surface area contributed by atoms with E-state index < -0.39 is 5.97 Å². The number of aromatic carboxylic acids is 1. The van der Waals surface area contributed by atoms with Crippen LogP contribution in [0, 0.1) is 5.92 Å². The summed E-state index contributed by atoms with van der Waals surface area (Å²) in [5, 5.41) is 9.13. The van der Waals surface area contributed by atoms with Crippen molar-refractivity contribution in [1.82, 2.24) is 9.55 Å². The van der Waals surface area contributed by atoms with Crippen molar-refractivity contribution in [3.63, 3.8) is 0 Å². The summed E-state index contributed by atoms with van der Waals surface area (Å²) in [5.74, 6) is -0.267. The van der Waals surface area contributed by atoms with Crippen molar-refractivity contribution in [2.75, 3.05) is 0 Å². The Morgan fingerprint density at radius 3 is 2.86 bits per heavy atom. The molecule has 1 aromatic carbocycles. The average molecular weight is 288 g/mol. The molecule has 1 aliphatic rings. The SMILES string of the molecule is CC1CCCC(n2c(=O)[nH]c3ccc(C(=O)O)cc32)CC1. The Kier molecular flexibility index (Phi) is 3.57. The lowest BCUT2D eigenvalue weighted by molar-refractivity contribution is 0.0697. The second-order valence-electron chi connectivity index (χ2n) is 6.10. The van der Waals surface area contributed by atoms with Gasteiger partial charge in [0.1, 0.15) is 0 Å². The molecule has 5 nitrogen and oxygen atoms in total. The van der Waals surface area contributed by atoms with E-state index in [-0.39, 0.29) is 17.3 Å². The smallest absolute Gasteiger partial charge is 0.335 e. The van der Waals surface area contributed by atoms with Crippen LogP contribution in [0.15, 0.2) is 23.0 Å². The summed E-state index contributed by atoms with van der Waals surface area (Å²) >= 11 is 0. The van der Waals surface area contributed by atoms with Crippen LogP contribution in [-0.2, 0) is 0 Å². The van der Waals surface area contributed by atoms with Gasteiger partial charge in [-0.2, -0.15) is 0 Å². The van der Waals surface area contributed by atoms with E-state index in [1.54, 1.807) is 16.7 Å². The number of hydrogen-bond donors (Lipinski definition) is 2. The van der Waals surface area contributed by atoms with Gasteiger partial charge in [0.25, 0.3) is 0 Å². The monoisotopic (exact) mass is 288 g/mol. The van der Waals surface area contributed by atoms with Crippen molar-refractivity contribution in [3.05, 3.63) is 34.2 Å². The minimum atomic E-state index is -0.966. The molecule has 21 heavy (non-hydrogen) atoms. The van der Waals surface area contributed by atoms with Crippen LogP contribution in [0.3, 0.4) is 0 Å². The zero-order valence-corrected chi connectivity index (χ0v) is 12.1. The van der Waals surface area contributed by atoms with Crippen molar-refractivity contribution < 1.29 is 9.90 Å². The highest BCUT2D eigenvalue weighted by molar-refractivity contribution is 5.92. The summed E-state index contributed by atoms with van der Waals surface area (Å²) in [4.78, 5) is 26.2. The molecule has 2 atom stereocenters. The van der Waals surface area contributed by atoms with E-state index in [9.17, 15) is 9.59 Å². The summed E-state index contributed by atoms with van der Waals surface area (Å²) in [6.45, 7) is 2.25. The highest BCUT2D eigenvalue weighted by Crippen LogP contribution is 2.31. The van der Waals surface area contributed by atoms with Crippen molar-refractivity contribution >= 4 is 17.0 Å². The van der Waals surface area contributed by atoms with Gasteiger partial charge in [0.2, 0.25) is 0 Å². The Morgan fingerprint density at radius 1 is 1.29 bits per heavy atom. The Hall–Kier alpha value is -2.04. The van der Waals surface area contributed by atoms with Crippen molar-refractivity contribution in [2.24, 2.45) is 5.92 Å². The van der Waals surface area contributed by atoms with E-state index in [2.05, 4.69) is 11.9 Å². The molecule has 2 N–H and O–H groups in total. The number of carboxylic acid groups (broad SMARTS) is 1. The Labute approximate surface area is 122 Å². The maximum atomic E-state index is 12.3. The third-order valence-electron chi connectivity index (χ3n) is 4.56. The molecular weight excluding hydrogens is 268 g/mol. The van der Waals surface area contributed by atoms with Gasteiger partial charge in [-0.25, -0.2) is 9.59 Å². The number of carbonyl (C=O) groups is 1. The molecule has 1 aromatic heterocycles. The average Bonchev–Trinajstić information content (AvgIpc) is 2.62. The topological polar surface area (TPSA) is 75.1 Å². The van der Waals surface area contributed by atoms with Crippen LogP contribution in [0.25, 0.3) is 11.0 Å². The highest BCUT2D eigenvalue weighted by Gasteiger charge is 2.21. The van der Waals surface area contributed by atoms with Gasteiger partial charge in [-0.05, 0) is 43.4 Å². The summed E-state index contributed by atoms with van der Waals surface area (Å²) in [5.41, 5.74) is 1.51. The van der Waals surface area contributed by atoms with Gasteiger partial charge in [-0.1, -0.05) is 19.8 Å². The summed E-state index contributed by atoms with van der Waals surface area (Å²) in [6, 6.07) is 4.97. The predicted octanol–water partition coefficient (Wildman–Crippen LogP) is 3.17. The normalized spacial score (nSPS) is 23.1. The summed E-state index contributed by atoms with van der Waals surface area (Å²) in [7, 11) is 0. The van der Waals surface area contributed by atoms with Gasteiger partial charge < -0.3 is 10.1 Å². The molecule has 0 radical (unpaired) electrons. The number of aromatic amines is 1. The number of carboxylic acids is 1. The Morgan fingerprint density at radius 2 is 2.10 bits per heavy atom. The van der Waals surface area contributed by atoms with Crippen LogP contribution in [-0.4, -0.2) is 20.6 Å². The molecule has 0 aliphatic heterocycles. The molecular formula is C16H20N2O3. The minimum Gasteiger partial charge on any atom is -0.478 e. The largest absolute Gasteiger partial charge is 0.478 e. The van der Waals surface area contributed by atoms with E-state index in [0.717, 1.165) is 25.7 Å². The number of hydrogen-bond acceptors (Lipinski definition) is 2. The van der Waals surface area contributed by atoms with Gasteiger partial charge in [0.05, 0.1) is 16.6 Å². The zero-order valence-electron chi connectivity index (χ0n) is 12.1. The van der Waals surface area contributed by atoms with Crippen LogP contribution < -0.4 is 5.69 Å². The molecule has 1 aliphatic carbocycles. The number of aromatic nitrogens is 2. The van der Waals surface area contributed by atoms with E-state index in [1.807, 2.05) is 0 Å². The minimum absolute atomic E-state index is 0.132. The Bertz CT molecular complexity index is 729. The standard InChI is InChI=1S/C16H20N2O3/c1-10-3-2-4-12(7-5-10)18-14-9-11(15(19)20)6-8-13(14)17-16(18)21/h6,8-10,12H,2-5,7H2,1H3,(H,17,21)(H,19,20). The van der Waals surface area contributed by atoms with Crippen LogP contribution >= 0.6 is 0 Å². The first-order valence-electron chi connectivity index (χ1n) is 7.54. The maximum Gasteiger partial charge on any atom is 0.335 e. The third-order valence-corrected chi connectivity index (χ3v) is 4.56. The second kappa shape index (κ2) is 5.39. The highest BCUT2D eigenvalue weighted by atomic mass is 16.4. The van der Waals surface area contributed by atoms with Crippen molar-refractivity contribution in [3.8, 4) is 0 Å². The van der Waals surface area contributed by atoms with Crippen LogP contribution in [0.5, 0.6) is 0 Å². The van der Waals surface area contributed by atoms with Gasteiger partial charge in [0, 0.05) is 6.04 Å². The van der Waals surface area contributed by atoms with E-state index in [0.29, 0.717) is 17.0 Å². The maximum absolute atomic E-state index is 12.3. The lowest BCUT2D eigenvalue weighted by Gasteiger charge is -2.16. The van der Waals surface area contributed by atoms with Gasteiger partial charge in [-0.3, -0.25) is 4.57 Å². The number of nitrogens with one attached hydrogen (secondary N) is 1. The zero-order chi connectivity index (χ0) is 15.0. The number of fused-ring (bicyclic) bond motifs is 1. The van der Waals surface area contributed by atoms with E-state index in [1.165, 1.54) is 12.5 Å². The molecule has 2 unspecified atom stereocenters. The van der Waals surface area contributed by atoms with Crippen molar-refractivity contribution in [1.29, 1.82) is 0 Å². The first-order chi connectivity index (χ1) is 10.1. The van der Waals surface area contributed by atoms with E-state index in [4.69, 9.17) is 5.11 Å². The fraction of sp³-hybridized carbons (Fsp3) is 0.500. The molecule has 3 rings (SSSR count). The van der Waals surface area contributed by atoms with Gasteiger partial charge >= 0.3 is 11.7 Å². The summed E-state index contributed by atoms with van der Waals surface area (Å²) < 4.78 is 1.76. The molecule has 1 saturated carbocycles. The van der Waals surface area contributed by atoms with Crippen LogP contribution in [0.1, 0.15) is 55.4 Å². The van der Waals surface area contributed by atoms with E-state index >= 15 is 0 Å². The lowest BCUT2D eigenvalue weighted by Crippen LogP contribution is -2.22. The molecule has 5 heteroatoms. The molecule has 0 spiro atoms. The Balaban J connectivity index is 2.08. The lowest BCUT2D eigenvalue weighted by atomic mass is 10.0. The quantitative estimate of drug-likeness (QED) is 0.833. The molecule has 1 heterocycles. The van der Waals surface area contributed by atoms with Crippen LogP contribution in [0.4, 0.5) is 0 Å². The second-order valence-corrected chi connectivity index (χ2v) is 6.10. The third kappa shape index (κ3) is 2.60. The van der Waals surface area contributed by atoms with Crippen molar-refractivity contribution in [2.45, 2.75) is 45.1 Å². The first kappa shape index (κ1) is 13.9. The number of imidazole rings is 1. The van der Waals surface area contributed by atoms with Gasteiger partial charge in [0.15, 0.2) is 0 Å². The molecule has 0 bridgehead atoms. The van der Waals surface area contributed by atoms with Gasteiger partial charge in [-0.15, -0.1) is 0 Å². The molecule has 0 amide bonds. The first-order valence-corrected chi connectivity index (χ1v) is 7.54. The number of rotatable bonds is 2. The fourth-order valence-electron chi connectivity index (χ4n) is 3.34. The number of benzene rings is 1. The molecule has 0 saturated heterocycles. The fourth-order valence-corrected chi connectivity index (χ4v) is 3.34. The number of H-pyrrole nitrogens is 1. The molecule has 1 fully saturated rings. The van der Waals surface area contributed by atoms with Crippen LogP contribution in [0.2, 0.25) is 0 Å². The molecule has 2 aromatic rings.